The highest BCUT2D eigenvalue weighted by Crippen LogP contribution is 2.16. The Hall–Kier alpha value is -1.97. The minimum Gasteiger partial charge on any atom is -0.508 e. The Kier molecular flexibility index (Phi) is 3.65. The van der Waals surface area contributed by atoms with Gasteiger partial charge in [0.05, 0.1) is 0 Å². The summed E-state index contributed by atoms with van der Waals surface area (Å²) >= 11 is 0. The number of phenolic OH excluding ortho intramolecular Hbond substituents is 1. The van der Waals surface area contributed by atoms with E-state index in [0.717, 1.165) is 18.7 Å². The maximum atomic E-state index is 9.35. The highest BCUT2D eigenvalue weighted by Gasteiger charge is 2.03. The van der Waals surface area contributed by atoms with Crippen molar-refractivity contribution < 1.29 is 5.11 Å². The Morgan fingerprint density at radius 2 is 2.29 bits per heavy atom. The first-order valence-corrected chi connectivity index (χ1v) is 5.77. The first-order chi connectivity index (χ1) is 8.24. The van der Waals surface area contributed by atoms with Gasteiger partial charge in [0.15, 0.2) is 0 Å². The highest BCUT2D eigenvalue weighted by atomic mass is 16.3. The first-order valence-electron chi connectivity index (χ1n) is 5.77. The molecule has 2 aromatic rings. The van der Waals surface area contributed by atoms with Crippen LogP contribution >= 0.6 is 0 Å². The molecule has 0 aliphatic rings. The van der Waals surface area contributed by atoms with Crippen molar-refractivity contribution in [3.8, 4) is 5.75 Å². The topological polar surface area (TPSA) is 50.1 Å². The number of benzene rings is 1. The number of aryl methyl sites for hydroxylation is 1. The van der Waals surface area contributed by atoms with Gasteiger partial charge in [-0.2, -0.15) is 5.10 Å². The molecular formula is C13H17N3O. The number of hydrogen-bond donors (Lipinski definition) is 2. The predicted molar refractivity (Wildman–Crippen MR) is 68.0 cm³/mol. The standard InChI is InChI=1S/C13H17N3O/c1-11(6-9-16-8-3-7-14-16)15-12-4-2-5-13(17)10-12/h2-5,7-8,10-11,15,17H,6,9H2,1H3. The highest BCUT2D eigenvalue weighted by molar-refractivity contribution is 5.48. The van der Waals surface area contributed by atoms with E-state index in [0.29, 0.717) is 6.04 Å². The molecule has 0 saturated carbocycles. The molecule has 4 heteroatoms. The van der Waals surface area contributed by atoms with Gasteiger partial charge in [-0.15, -0.1) is 0 Å². The van der Waals surface area contributed by atoms with Gasteiger partial charge in [-0.1, -0.05) is 6.07 Å². The largest absolute Gasteiger partial charge is 0.508 e. The third-order valence-corrected chi connectivity index (χ3v) is 2.61. The first kappa shape index (κ1) is 11.5. The van der Waals surface area contributed by atoms with Crippen molar-refractivity contribution in [3.05, 3.63) is 42.7 Å². The number of phenols is 1. The molecule has 1 atom stereocenters. The van der Waals surface area contributed by atoms with Gasteiger partial charge in [0.2, 0.25) is 0 Å². The zero-order valence-corrected chi connectivity index (χ0v) is 9.87. The Morgan fingerprint density at radius 3 is 3.00 bits per heavy atom. The number of nitrogens with zero attached hydrogens (tertiary/aromatic N) is 2. The molecule has 0 bridgehead atoms. The molecule has 4 nitrogen and oxygen atoms in total. The van der Waals surface area contributed by atoms with Crippen LogP contribution in [0.4, 0.5) is 5.69 Å². The summed E-state index contributed by atoms with van der Waals surface area (Å²) < 4.78 is 1.92. The minimum atomic E-state index is 0.286. The van der Waals surface area contributed by atoms with Crippen molar-refractivity contribution >= 4 is 5.69 Å². The molecule has 0 spiro atoms. The van der Waals surface area contributed by atoms with Crippen molar-refractivity contribution in [2.45, 2.75) is 25.9 Å². The number of hydrogen-bond acceptors (Lipinski definition) is 3. The predicted octanol–water partition coefficient (Wildman–Crippen LogP) is 2.48. The van der Waals surface area contributed by atoms with Crippen LogP contribution in [-0.4, -0.2) is 20.9 Å². The molecule has 1 aromatic heterocycles. The Morgan fingerprint density at radius 1 is 1.41 bits per heavy atom. The van der Waals surface area contributed by atoms with E-state index in [-0.39, 0.29) is 5.75 Å². The summed E-state index contributed by atoms with van der Waals surface area (Å²) in [6.07, 6.45) is 4.73. The van der Waals surface area contributed by atoms with Crippen LogP contribution < -0.4 is 5.32 Å². The van der Waals surface area contributed by atoms with Crippen molar-refractivity contribution in [2.24, 2.45) is 0 Å². The lowest BCUT2D eigenvalue weighted by molar-refractivity contribution is 0.475. The molecule has 0 aliphatic carbocycles. The lowest BCUT2D eigenvalue weighted by atomic mass is 10.2. The fourth-order valence-corrected chi connectivity index (χ4v) is 1.71. The molecule has 1 aromatic carbocycles. The van der Waals surface area contributed by atoms with E-state index in [2.05, 4.69) is 17.3 Å². The molecule has 1 heterocycles. The van der Waals surface area contributed by atoms with Crippen molar-refractivity contribution in [1.29, 1.82) is 0 Å². The summed E-state index contributed by atoms with van der Waals surface area (Å²) in [5.74, 6) is 0.286. The number of anilines is 1. The Labute approximate surface area is 101 Å². The molecule has 2 N–H and O–H groups in total. The molecule has 2 rings (SSSR count). The second-order valence-corrected chi connectivity index (χ2v) is 4.15. The fraction of sp³-hybridized carbons (Fsp3) is 0.308. The molecule has 0 saturated heterocycles. The minimum absolute atomic E-state index is 0.286. The van der Waals surface area contributed by atoms with Crippen LogP contribution in [0.5, 0.6) is 5.75 Å². The number of aromatic nitrogens is 2. The zero-order valence-electron chi connectivity index (χ0n) is 9.87. The average Bonchev–Trinajstić information content (AvgIpc) is 2.79. The van der Waals surface area contributed by atoms with E-state index in [9.17, 15) is 5.11 Å². The normalized spacial score (nSPS) is 12.3. The second kappa shape index (κ2) is 5.39. The summed E-state index contributed by atoms with van der Waals surface area (Å²) in [4.78, 5) is 0. The van der Waals surface area contributed by atoms with Gasteiger partial charge in [0.1, 0.15) is 5.75 Å². The van der Waals surface area contributed by atoms with Crippen LogP contribution in [0.1, 0.15) is 13.3 Å². The summed E-state index contributed by atoms with van der Waals surface area (Å²) in [6.45, 7) is 3.01. The summed E-state index contributed by atoms with van der Waals surface area (Å²) in [6, 6.07) is 9.43. The van der Waals surface area contributed by atoms with E-state index in [1.165, 1.54) is 0 Å². The van der Waals surface area contributed by atoms with Gasteiger partial charge in [-0.25, -0.2) is 0 Å². The zero-order chi connectivity index (χ0) is 12.1. The molecule has 17 heavy (non-hydrogen) atoms. The van der Waals surface area contributed by atoms with E-state index >= 15 is 0 Å². The Bertz CT molecular complexity index is 453. The summed E-state index contributed by atoms with van der Waals surface area (Å²) in [7, 11) is 0. The van der Waals surface area contributed by atoms with Crippen LogP contribution in [0.3, 0.4) is 0 Å². The molecule has 0 amide bonds. The van der Waals surface area contributed by atoms with Crippen molar-refractivity contribution in [2.75, 3.05) is 5.32 Å². The van der Waals surface area contributed by atoms with Crippen molar-refractivity contribution in [1.82, 2.24) is 9.78 Å². The lowest BCUT2D eigenvalue weighted by Crippen LogP contribution is -2.17. The van der Waals surface area contributed by atoms with Gasteiger partial charge >= 0.3 is 0 Å². The number of nitrogens with one attached hydrogen (secondary N) is 1. The molecule has 0 radical (unpaired) electrons. The van der Waals surface area contributed by atoms with Gasteiger partial charge in [-0.3, -0.25) is 4.68 Å². The molecule has 0 aliphatic heterocycles. The average molecular weight is 231 g/mol. The third-order valence-electron chi connectivity index (χ3n) is 2.61. The maximum absolute atomic E-state index is 9.35. The lowest BCUT2D eigenvalue weighted by Gasteiger charge is -2.15. The third kappa shape index (κ3) is 3.52. The van der Waals surface area contributed by atoms with Crippen LogP contribution in [0.15, 0.2) is 42.7 Å². The van der Waals surface area contributed by atoms with Crippen molar-refractivity contribution in [3.63, 3.8) is 0 Å². The van der Waals surface area contributed by atoms with Crippen LogP contribution in [0.2, 0.25) is 0 Å². The molecule has 1 unspecified atom stereocenters. The SMILES string of the molecule is CC(CCn1cccn1)Nc1cccc(O)c1. The van der Waals surface area contributed by atoms with Crippen LogP contribution in [0, 0.1) is 0 Å². The smallest absolute Gasteiger partial charge is 0.117 e. The van der Waals surface area contributed by atoms with E-state index in [1.807, 2.05) is 29.1 Å². The number of rotatable bonds is 5. The molecular weight excluding hydrogens is 214 g/mol. The summed E-state index contributed by atoms with van der Waals surface area (Å²) in [5.41, 5.74) is 0.943. The van der Waals surface area contributed by atoms with E-state index < -0.39 is 0 Å². The van der Waals surface area contributed by atoms with E-state index in [4.69, 9.17) is 0 Å². The van der Waals surface area contributed by atoms with E-state index in [1.54, 1.807) is 18.3 Å². The van der Waals surface area contributed by atoms with Gasteiger partial charge < -0.3 is 10.4 Å². The van der Waals surface area contributed by atoms with Crippen LogP contribution in [0.25, 0.3) is 0 Å². The quantitative estimate of drug-likeness (QED) is 0.831. The molecule has 0 fully saturated rings. The fourth-order valence-electron chi connectivity index (χ4n) is 1.71. The summed E-state index contributed by atoms with van der Waals surface area (Å²) in [5, 5.41) is 16.9. The van der Waals surface area contributed by atoms with Gasteiger partial charge in [-0.05, 0) is 31.5 Å². The number of aromatic hydroxyl groups is 1. The monoisotopic (exact) mass is 231 g/mol. The van der Waals surface area contributed by atoms with Gasteiger partial charge in [0, 0.05) is 36.7 Å². The maximum Gasteiger partial charge on any atom is 0.117 e. The molecule has 90 valence electrons. The Balaban J connectivity index is 1.83. The van der Waals surface area contributed by atoms with Crippen LogP contribution in [-0.2, 0) is 6.54 Å². The second-order valence-electron chi connectivity index (χ2n) is 4.15. The van der Waals surface area contributed by atoms with Gasteiger partial charge in [0.25, 0.3) is 0 Å².